The summed E-state index contributed by atoms with van der Waals surface area (Å²) in [6.45, 7) is 10.4. The Morgan fingerprint density at radius 3 is 2.32 bits per heavy atom. The van der Waals surface area contributed by atoms with Crippen molar-refractivity contribution < 1.29 is 9.53 Å². The fourth-order valence-corrected chi connectivity index (χ4v) is 1.79. The standard InChI is InChI=1S/C19H25NO2/c1-14(2)10-11-22-17-8-6-15(7-9-17)12-16(13-20)18(21)19(3,4)5/h6-9,12,14H,10-11H2,1-5H3/b16-12+. The van der Waals surface area contributed by atoms with Gasteiger partial charge in [-0.1, -0.05) is 46.8 Å². The number of benzene rings is 1. The summed E-state index contributed by atoms with van der Waals surface area (Å²) in [5.74, 6) is 1.27. The average molecular weight is 299 g/mol. The van der Waals surface area contributed by atoms with Gasteiger partial charge in [-0.25, -0.2) is 0 Å². The summed E-state index contributed by atoms with van der Waals surface area (Å²) in [4.78, 5) is 12.2. The molecule has 0 bridgehead atoms. The minimum Gasteiger partial charge on any atom is -0.494 e. The van der Waals surface area contributed by atoms with Crippen molar-refractivity contribution in [2.24, 2.45) is 11.3 Å². The zero-order chi connectivity index (χ0) is 16.8. The molecule has 0 radical (unpaired) electrons. The molecule has 0 N–H and O–H groups in total. The van der Waals surface area contributed by atoms with Gasteiger partial charge in [-0.2, -0.15) is 5.26 Å². The monoisotopic (exact) mass is 299 g/mol. The molecule has 3 heteroatoms. The molecule has 0 aliphatic carbocycles. The molecule has 0 saturated carbocycles. The van der Waals surface area contributed by atoms with Crippen molar-refractivity contribution in [1.82, 2.24) is 0 Å². The third-order valence-corrected chi connectivity index (χ3v) is 3.20. The molecular weight excluding hydrogens is 274 g/mol. The van der Waals surface area contributed by atoms with E-state index < -0.39 is 5.41 Å². The lowest BCUT2D eigenvalue weighted by Gasteiger charge is -2.15. The maximum atomic E-state index is 12.2. The van der Waals surface area contributed by atoms with Gasteiger partial charge in [-0.15, -0.1) is 0 Å². The zero-order valence-corrected chi connectivity index (χ0v) is 14.1. The smallest absolute Gasteiger partial charge is 0.178 e. The van der Waals surface area contributed by atoms with E-state index >= 15 is 0 Å². The lowest BCUT2D eigenvalue weighted by molar-refractivity contribution is -0.121. The number of nitrogens with zero attached hydrogens (tertiary/aromatic N) is 1. The van der Waals surface area contributed by atoms with E-state index in [1.165, 1.54) is 0 Å². The second kappa shape index (κ2) is 7.79. The van der Waals surface area contributed by atoms with E-state index in [1.54, 1.807) is 6.08 Å². The summed E-state index contributed by atoms with van der Waals surface area (Å²) in [6.07, 6.45) is 2.64. The Hall–Kier alpha value is -2.08. The molecule has 0 spiro atoms. The summed E-state index contributed by atoms with van der Waals surface area (Å²) in [6, 6.07) is 9.44. The van der Waals surface area contributed by atoms with Gasteiger partial charge < -0.3 is 4.74 Å². The molecule has 0 saturated heterocycles. The minimum absolute atomic E-state index is 0.146. The molecule has 0 heterocycles. The highest BCUT2D eigenvalue weighted by molar-refractivity contribution is 6.06. The van der Waals surface area contributed by atoms with E-state index in [0.717, 1.165) is 17.7 Å². The molecule has 0 fully saturated rings. The van der Waals surface area contributed by atoms with Crippen LogP contribution in [0.4, 0.5) is 0 Å². The van der Waals surface area contributed by atoms with Crippen molar-refractivity contribution in [3.8, 4) is 11.8 Å². The van der Waals surface area contributed by atoms with E-state index in [0.29, 0.717) is 12.5 Å². The van der Waals surface area contributed by atoms with Crippen molar-refractivity contribution in [3.63, 3.8) is 0 Å². The van der Waals surface area contributed by atoms with Crippen LogP contribution in [0.3, 0.4) is 0 Å². The molecule has 0 aliphatic heterocycles. The van der Waals surface area contributed by atoms with E-state index in [9.17, 15) is 10.1 Å². The average Bonchev–Trinajstić information content (AvgIpc) is 2.44. The quantitative estimate of drug-likeness (QED) is 0.568. The third-order valence-electron chi connectivity index (χ3n) is 3.20. The van der Waals surface area contributed by atoms with Crippen LogP contribution in [0.25, 0.3) is 6.08 Å². The number of nitriles is 1. The van der Waals surface area contributed by atoms with Crippen molar-refractivity contribution in [2.75, 3.05) is 6.61 Å². The Morgan fingerprint density at radius 2 is 1.86 bits per heavy atom. The lowest BCUT2D eigenvalue weighted by Crippen LogP contribution is -2.21. The highest BCUT2D eigenvalue weighted by Crippen LogP contribution is 2.22. The zero-order valence-electron chi connectivity index (χ0n) is 14.1. The molecule has 0 unspecified atom stereocenters. The van der Waals surface area contributed by atoms with Crippen LogP contribution in [0.1, 0.15) is 46.6 Å². The summed E-state index contributed by atoms with van der Waals surface area (Å²) in [5.41, 5.74) is 0.452. The highest BCUT2D eigenvalue weighted by Gasteiger charge is 2.24. The van der Waals surface area contributed by atoms with E-state index in [-0.39, 0.29) is 11.4 Å². The van der Waals surface area contributed by atoms with Crippen molar-refractivity contribution in [1.29, 1.82) is 5.26 Å². The van der Waals surface area contributed by atoms with Gasteiger partial charge >= 0.3 is 0 Å². The van der Waals surface area contributed by atoms with Gasteiger partial charge in [0.1, 0.15) is 11.8 Å². The number of carbonyl (C=O) groups excluding carboxylic acids is 1. The Labute approximate surface area is 133 Å². The van der Waals surface area contributed by atoms with E-state index in [2.05, 4.69) is 13.8 Å². The minimum atomic E-state index is -0.554. The third kappa shape index (κ3) is 5.73. The molecule has 3 nitrogen and oxygen atoms in total. The molecule has 0 aliphatic rings. The van der Waals surface area contributed by atoms with Crippen LogP contribution in [0.5, 0.6) is 5.75 Å². The fraction of sp³-hybridized carbons (Fsp3) is 0.474. The first-order chi connectivity index (χ1) is 10.2. The van der Waals surface area contributed by atoms with E-state index in [4.69, 9.17) is 4.74 Å². The number of rotatable bonds is 6. The molecule has 22 heavy (non-hydrogen) atoms. The van der Waals surface area contributed by atoms with Crippen molar-refractivity contribution >= 4 is 11.9 Å². The molecule has 118 valence electrons. The van der Waals surface area contributed by atoms with Crippen LogP contribution in [0.2, 0.25) is 0 Å². The molecule has 1 aromatic carbocycles. The summed E-state index contributed by atoms with van der Waals surface area (Å²) in [5, 5.41) is 9.18. The van der Waals surface area contributed by atoms with Gasteiger partial charge in [0.05, 0.1) is 12.2 Å². The largest absolute Gasteiger partial charge is 0.494 e. The maximum absolute atomic E-state index is 12.2. The van der Waals surface area contributed by atoms with Gasteiger partial charge in [-0.3, -0.25) is 4.79 Å². The van der Waals surface area contributed by atoms with Gasteiger partial charge in [0.2, 0.25) is 0 Å². The number of ketones is 1. The SMILES string of the molecule is CC(C)CCOc1ccc(/C=C(\C#N)C(=O)C(C)(C)C)cc1. The van der Waals surface area contributed by atoms with Crippen LogP contribution in [-0.2, 0) is 4.79 Å². The van der Waals surface area contributed by atoms with Crippen LogP contribution in [0, 0.1) is 22.7 Å². The van der Waals surface area contributed by atoms with E-state index in [1.807, 2.05) is 51.1 Å². The summed E-state index contributed by atoms with van der Waals surface area (Å²) >= 11 is 0. The molecule has 0 atom stereocenters. The number of Topliss-reactive ketones (excluding diaryl/α,β-unsaturated/α-hetero) is 1. The lowest BCUT2D eigenvalue weighted by atomic mass is 9.86. The summed E-state index contributed by atoms with van der Waals surface area (Å²) < 4.78 is 5.65. The van der Waals surface area contributed by atoms with Gasteiger partial charge in [-0.05, 0) is 36.1 Å². The maximum Gasteiger partial charge on any atom is 0.178 e. The van der Waals surface area contributed by atoms with Crippen molar-refractivity contribution in [3.05, 3.63) is 35.4 Å². The highest BCUT2D eigenvalue weighted by atomic mass is 16.5. The predicted molar refractivity (Wildman–Crippen MR) is 89.4 cm³/mol. The van der Waals surface area contributed by atoms with Gasteiger partial charge in [0.15, 0.2) is 5.78 Å². The number of allylic oxidation sites excluding steroid dienone is 1. The second-order valence-corrected chi connectivity index (χ2v) is 6.85. The first-order valence-electron chi connectivity index (χ1n) is 7.63. The first kappa shape index (κ1) is 18.0. The summed E-state index contributed by atoms with van der Waals surface area (Å²) in [7, 11) is 0. The Kier molecular flexibility index (Phi) is 6.37. The molecular formula is C19H25NO2. The normalized spacial score (nSPS) is 12.1. The van der Waals surface area contributed by atoms with Gasteiger partial charge in [0.25, 0.3) is 0 Å². The van der Waals surface area contributed by atoms with Crippen molar-refractivity contribution in [2.45, 2.75) is 41.0 Å². The molecule has 1 rings (SSSR count). The Morgan fingerprint density at radius 1 is 1.27 bits per heavy atom. The second-order valence-electron chi connectivity index (χ2n) is 6.85. The number of hydrogen-bond acceptors (Lipinski definition) is 3. The number of hydrogen-bond donors (Lipinski definition) is 0. The Bertz CT molecular complexity index is 569. The van der Waals surface area contributed by atoms with Crippen LogP contribution in [-0.4, -0.2) is 12.4 Å². The molecule has 0 aromatic heterocycles. The number of ether oxygens (including phenoxy) is 1. The molecule has 0 amide bonds. The molecule has 1 aromatic rings. The van der Waals surface area contributed by atoms with Gasteiger partial charge in [0, 0.05) is 5.41 Å². The first-order valence-corrected chi connectivity index (χ1v) is 7.63. The van der Waals surface area contributed by atoms with Crippen LogP contribution < -0.4 is 4.74 Å². The predicted octanol–water partition coefficient (Wildman–Crippen LogP) is 4.63. The Balaban J connectivity index is 2.79. The topological polar surface area (TPSA) is 50.1 Å². The number of carbonyl (C=O) groups is 1. The van der Waals surface area contributed by atoms with Crippen LogP contribution >= 0.6 is 0 Å². The fourth-order valence-electron chi connectivity index (χ4n) is 1.79. The van der Waals surface area contributed by atoms with Crippen LogP contribution in [0.15, 0.2) is 29.8 Å².